The van der Waals surface area contributed by atoms with E-state index in [4.69, 9.17) is 0 Å². The molecule has 92 valence electrons. The lowest BCUT2D eigenvalue weighted by Gasteiger charge is -2.10. The lowest BCUT2D eigenvalue weighted by molar-refractivity contribution is -0.127. The van der Waals surface area contributed by atoms with Crippen LogP contribution in [-0.4, -0.2) is 29.9 Å². The van der Waals surface area contributed by atoms with Crippen molar-refractivity contribution in [3.63, 3.8) is 0 Å². The Hall–Kier alpha value is -2.16. The summed E-state index contributed by atoms with van der Waals surface area (Å²) in [6.45, 7) is 0. The number of likely N-dealkylation sites (N-methyl/N-ethyl adjacent to an activating group) is 1. The van der Waals surface area contributed by atoms with E-state index in [1.54, 1.807) is 25.2 Å². The second-order valence-electron chi connectivity index (χ2n) is 4.38. The highest BCUT2D eigenvalue weighted by molar-refractivity contribution is 5.78. The van der Waals surface area contributed by atoms with Crippen LogP contribution in [0.15, 0.2) is 48.7 Å². The Morgan fingerprint density at radius 3 is 2.39 bits per heavy atom. The third kappa shape index (κ3) is 2.94. The minimum Gasteiger partial charge on any atom is -0.349 e. The lowest BCUT2D eigenvalue weighted by Crippen LogP contribution is -2.23. The summed E-state index contributed by atoms with van der Waals surface area (Å²) in [6, 6.07) is 13.8. The summed E-state index contributed by atoms with van der Waals surface area (Å²) in [5.74, 6) is 0.112. The molecule has 0 aliphatic heterocycles. The van der Waals surface area contributed by atoms with Crippen LogP contribution in [0.1, 0.15) is 5.56 Å². The third-order valence-electron chi connectivity index (χ3n) is 2.77. The molecule has 2 aromatic rings. The second kappa shape index (κ2) is 5.45. The van der Waals surface area contributed by atoms with Gasteiger partial charge in [-0.05, 0) is 17.7 Å². The van der Waals surface area contributed by atoms with Crippen LogP contribution in [-0.2, 0) is 11.2 Å². The van der Waals surface area contributed by atoms with E-state index < -0.39 is 0 Å². The normalized spacial score (nSPS) is 10.1. The van der Waals surface area contributed by atoms with Gasteiger partial charge in [0, 0.05) is 25.9 Å². The number of nitrogens with zero attached hydrogens (tertiary/aromatic N) is 2. The fourth-order valence-electron chi connectivity index (χ4n) is 1.66. The molecule has 0 radical (unpaired) electrons. The highest BCUT2D eigenvalue weighted by atomic mass is 16.2. The summed E-state index contributed by atoms with van der Waals surface area (Å²) in [7, 11) is 3.54. The average molecular weight is 240 g/mol. The number of hydrogen-bond acceptors (Lipinski definition) is 2. The van der Waals surface area contributed by atoms with Crippen LogP contribution in [0.25, 0.3) is 11.3 Å². The van der Waals surface area contributed by atoms with Gasteiger partial charge < -0.3 is 4.90 Å². The van der Waals surface area contributed by atoms with E-state index in [2.05, 4.69) is 4.98 Å². The maximum absolute atomic E-state index is 11.6. The van der Waals surface area contributed by atoms with Gasteiger partial charge in [0.05, 0.1) is 12.1 Å². The highest BCUT2D eigenvalue weighted by Crippen LogP contribution is 2.17. The van der Waals surface area contributed by atoms with Crippen molar-refractivity contribution in [2.45, 2.75) is 6.42 Å². The molecule has 0 bridgehead atoms. The molecular formula is C15H16N2O. The first kappa shape index (κ1) is 12.3. The van der Waals surface area contributed by atoms with E-state index in [0.717, 1.165) is 16.8 Å². The van der Waals surface area contributed by atoms with Crippen molar-refractivity contribution in [3.05, 3.63) is 54.2 Å². The van der Waals surface area contributed by atoms with E-state index in [0.29, 0.717) is 6.42 Å². The molecule has 0 spiro atoms. The molecule has 0 unspecified atom stereocenters. The molecule has 1 amide bonds. The number of benzene rings is 1. The minimum absolute atomic E-state index is 0.112. The monoisotopic (exact) mass is 240 g/mol. The molecule has 1 aromatic carbocycles. The van der Waals surface area contributed by atoms with Gasteiger partial charge in [0.15, 0.2) is 0 Å². The van der Waals surface area contributed by atoms with Gasteiger partial charge in [0.2, 0.25) is 5.91 Å². The van der Waals surface area contributed by atoms with Crippen molar-refractivity contribution < 1.29 is 4.79 Å². The van der Waals surface area contributed by atoms with Crippen molar-refractivity contribution in [1.29, 1.82) is 0 Å². The Kier molecular flexibility index (Phi) is 3.72. The Morgan fingerprint density at radius 1 is 1.11 bits per heavy atom. The van der Waals surface area contributed by atoms with Crippen LogP contribution in [0, 0.1) is 0 Å². The van der Waals surface area contributed by atoms with Gasteiger partial charge in [0.1, 0.15) is 0 Å². The van der Waals surface area contributed by atoms with Gasteiger partial charge in [-0.15, -0.1) is 0 Å². The number of amides is 1. The molecule has 0 aliphatic carbocycles. The molecule has 0 N–H and O–H groups in total. The summed E-state index contributed by atoms with van der Waals surface area (Å²) >= 11 is 0. The molecule has 1 aromatic heterocycles. The summed E-state index contributed by atoms with van der Waals surface area (Å²) in [4.78, 5) is 17.5. The van der Waals surface area contributed by atoms with E-state index in [9.17, 15) is 4.79 Å². The van der Waals surface area contributed by atoms with E-state index in [1.807, 2.05) is 42.5 Å². The number of rotatable bonds is 3. The topological polar surface area (TPSA) is 33.2 Å². The van der Waals surface area contributed by atoms with Crippen molar-refractivity contribution in [2.75, 3.05) is 14.1 Å². The van der Waals surface area contributed by atoms with Gasteiger partial charge in [-0.2, -0.15) is 0 Å². The number of pyridine rings is 1. The van der Waals surface area contributed by atoms with Crippen LogP contribution in [0.4, 0.5) is 0 Å². The zero-order chi connectivity index (χ0) is 13.0. The lowest BCUT2D eigenvalue weighted by atomic mass is 10.1. The van der Waals surface area contributed by atoms with E-state index in [1.165, 1.54) is 0 Å². The average Bonchev–Trinajstić information content (AvgIpc) is 2.40. The molecule has 0 aliphatic rings. The first-order chi connectivity index (χ1) is 8.66. The van der Waals surface area contributed by atoms with Gasteiger partial charge in [0.25, 0.3) is 0 Å². The maximum atomic E-state index is 11.6. The molecule has 0 fully saturated rings. The van der Waals surface area contributed by atoms with Crippen molar-refractivity contribution in [3.8, 4) is 11.3 Å². The van der Waals surface area contributed by atoms with Crippen molar-refractivity contribution in [2.24, 2.45) is 0 Å². The van der Waals surface area contributed by atoms with Crippen LogP contribution >= 0.6 is 0 Å². The maximum Gasteiger partial charge on any atom is 0.226 e. The molecule has 18 heavy (non-hydrogen) atoms. The van der Waals surface area contributed by atoms with Crippen LogP contribution in [0.3, 0.4) is 0 Å². The van der Waals surface area contributed by atoms with Gasteiger partial charge in [-0.1, -0.05) is 30.3 Å². The van der Waals surface area contributed by atoms with E-state index >= 15 is 0 Å². The summed E-state index contributed by atoms with van der Waals surface area (Å²) < 4.78 is 0. The van der Waals surface area contributed by atoms with Gasteiger partial charge in [-0.25, -0.2) is 0 Å². The van der Waals surface area contributed by atoms with Crippen molar-refractivity contribution in [1.82, 2.24) is 9.88 Å². The van der Waals surface area contributed by atoms with Crippen LogP contribution in [0.2, 0.25) is 0 Å². The third-order valence-corrected chi connectivity index (χ3v) is 2.77. The summed E-state index contributed by atoms with van der Waals surface area (Å²) in [5.41, 5.74) is 3.04. The van der Waals surface area contributed by atoms with Crippen LogP contribution in [0.5, 0.6) is 0 Å². The fourth-order valence-corrected chi connectivity index (χ4v) is 1.66. The van der Waals surface area contributed by atoms with E-state index in [-0.39, 0.29) is 5.91 Å². The molecule has 2 rings (SSSR count). The fraction of sp³-hybridized carbons (Fsp3) is 0.200. The molecule has 0 atom stereocenters. The Morgan fingerprint density at radius 2 is 1.83 bits per heavy atom. The predicted molar refractivity (Wildman–Crippen MR) is 72.1 cm³/mol. The Bertz CT molecular complexity index is 518. The minimum atomic E-state index is 0.112. The number of hydrogen-bond donors (Lipinski definition) is 0. The molecule has 3 nitrogen and oxygen atoms in total. The molecule has 0 saturated heterocycles. The standard InChI is InChI=1S/C15H16N2O/c1-17(2)15(18)11-12-6-8-13(9-7-12)14-5-3-4-10-16-14/h3-10H,11H2,1-2H3. The quantitative estimate of drug-likeness (QED) is 0.825. The number of aromatic nitrogens is 1. The Balaban J connectivity index is 2.13. The largest absolute Gasteiger partial charge is 0.349 e. The molecule has 1 heterocycles. The van der Waals surface area contributed by atoms with Crippen molar-refractivity contribution >= 4 is 5.91 Å². The zero-order valence-electron chi connectivity index (χ0n) is 10.6. The van der Waals surface area contributed by atoms with Crippen LogP contribution < -0.4 is 0 Å². The van der Waals surface area contributed by atoms with Gasteiger partial charge >= 0.3 is 0 Å². The predicted octanol–water partition coefficient (Wildman–Crippen LogP) is 2.38. The number of carbonyl (C=O) groups excluding carboxylic acids is 1. The summed E-state index contributed by atoms with van der Waals surface area (Å²) in [5, 5.41) is 0. The Labute approximate surface area is 107 Å². The molecule has 3 heteroatoms. The molecule has 0 saturated carbocycles. The first-order valence-corrected chi connectivity index (χ1v) is 5.87. The first-order valence-electron chi connectivity index (χ1n) is 5.87. The number of carbonyl (C=O) groups is 1. The highest BCUT2D eigenvalue weighted by Gasteiger charge is 2.05. The zero-order valence-corrected chi connectivity index (χ0v) is 10.6. The second-order valence-corrected chi connectivity index (χ2v) is 4.38. The molecular weight excluding hydrogens is 224 g/mol. The van der Waals surface area contributed by atoms with Gasteiger partial charge in [-0.3, -0.25) is 9.78 Å². The SMILES string of the molecule is CN(C)C(=O)Cc1ccc(-c2ccccn2)cc1. The summed E-state index contributed by atoms with van der Waals surface area (Å²) in [6.07, 6.45) is 2.22. The smallest absolute Gasteiger partial charge is 0.226 e.